The fourth-order valence-corrected chi connectivity index (χ4v) is 2.42. The topological polar surface area (TPSA) is 84.5 Å². The van der Waals surface area contributed by atoms with E-state index < -0.39 is 11.6 Å². The summed E-state index contributed by atoms with van der Waals surface area (Å²) in [6, 6.07) is 0. The molecule has 0 atom stereocenters. The standard InChI is InChI=1S/C15H23N3O4/c1-15(2,3)22-14(20)18-7-5-10(6-8-18)12-16-9-11(17-12)13(19)21-4/h9-10H,5-8H2,1-4H3,(H,16,17). The third-order valence-corrected chi connectivity index (χ3v) is 3.53. The summed E-state index contributed by atoms with van der Waals surface area (Å²) in [5, 5.41) is 0. The molecule has 22 heavy (non-hydrogen) atoms. The van der Waals surface area contributed by atoms with Gasteiger partial charge in [-0.15, -0.1) is 0 Å². The minimum absolute atomic E-state index is 0.206. The smallest absolute Gasteiger partial charge is 0.410 e. The van der Waals surface area contributed by atoms with E-state index in [4.69, 9.17) is 4.74 Å². The van der Waals surface area contributed by atoms with E-state index in [9.17, 15) is 9.59 Å². The van der Waals surface area contributed by atoms with Crippen LogP contribution in [0.25, 0.3) is 0 Å². The van der Waals surface area contributed by atoms with E-state index in [1.165, 1.54) is 13.3 Å². The summed E-state index contributed by atoms with van der Waals surface area (Å²) in [4.78, 5) is 32.4. The maximum Gasteiger partial charge on any atom is 0.410 e. The predicted octanol–water partition coefficient (Wildman–Crippen LogP) is 2.31. The van der Waals surface area contributed by atoms with Crippen LogP contribution in [0.3, 0.4) is 0 Å². The Balaban J connectivity index is 1.91. The van der Waals surface area contributed by atoms with Crippen molar-refractivity contribution in [3.63, 3.8) is 0 Å². The molecule has 1 aliphatic rings. The first kappa shape index (κ1) is 16.3. The average Bonchev–Trinajstić information content (AvgIpc) is 2.94. The molecule has 1 aromatic heterocycles. The number of ether oxygens (including phenoxy) is 2. The quantitative estimate of drug-likeness (QED) is 0.847. The largest absolute Gasteiger partial charge is 0.464 e. The Kier molecular flexibility index (Phi) is 4.73. The van der Waals surface area contributed by atoms with Gasteiger partial charge in [0.2, 0.25) is 0 Å². The van der Waals surface area contributed by atoms with Crippen molar-refractivity contribution >= 4 is 12.1 Å². The lowest BCUT2D eigenvalue weighted by Gasteiger charge is -2.32. The van der Waals surface area contributed by atoms with E-state index in [0.29, 0.717) is 18.8 Å². The third-order valence-electron chi connectivity index (χ3n) is 3.53. The minimum atomic E-state index is -0.482. The van der Waals surface area contributed by atoms with Gasteiger partial charge in [0.05, 0.1) is 13.3 Å². The maximum absolute atomic E-state index is 12.0. The lowest BCUT2D eigenvalue weighted by molar-refractivity contribution is 0.0203. The van der Waals surface area contributed by atoms with Crippen molar-refractivity contribution in [2.24, 2.45) is 0 Å². The number of H-pyrrole nitrogens is 1. The number of hydrogen-bond donors (Lipinski definition) is 1. The molecule has 2 rings (SSSR count). The van der Waals surface area contributed by atoms with E-state index in [1.54, 1.807) is 4.90 Å². The molecule has 0 aliphatic carbocycles. The molecule has 1 saturated heterocycles. The van der Waals surface area contributed by atoms with Crippen LogP contribution < -0.4 is 0 Å². The molecule has 122 valence electrons. The molecular formula is C15H23N3O4. The highest BCUT2D eigenvalue weighted by Gasteiger charge is 2.28. The maximum atomic E-state index is 12.0. The molecule has 1 fully saturated rings. The van der Waals surface area contributed by atoms with Gasteiger partial charge in [-0.05, 0) is 33.6 Å². The summed E-state index contributed by atoms with van der Waals surface area (Å²) in [6.07, 6.45) is 2.78. The Hall–Kier alpha value is -2.05. The van der Waals surface area contributed by atoms with Crippen molar-refractivity contribution in [3.8, 4) is 0 Å². The Morgan fingerprint density at radius 3 is 2.50 bits per heavy atom. The number of esters is 1. The van der Waals surface area contributed by atoms with Crippen LogP contribution >= 0.6 is 0 Å². The second-order valence-electron chi connectivity index (χ2n) is 6.42. The van der Waals surface area contributed by atoms with E-state index in [-0.39, 0.29) is 12.0 Å². The van der Waals surface area contributed by atoms with Crippen LogP contribution in [-0.4, -0.2) is 52.7 Å². The van der Waals surface area contributed by atoms with Crippen LogP contribution in [0.15, 0.2) is 6.20 Å². The number of nitrogens with one attached hydrogen (secondary N) is 1. The van der Waals surface area contributed by atoms with Gasteiger partial charge in [0, 0.05) is 19.0 Å². The van der Waals surface area contributed by atoms with E-state index in [0.717, 1.165) is 18.7 Å². The number of nitrogens with zero attached hydrogens (tertiary/aromatic N) is 2. The number of aromatic nitrogens is 2. The fourth-order valence-electron chi connectivity index (χ4n) is 2.42. The van der Waals surface area contributed by atoms with E-state index >= 15 is 0 Å². The normalized spacial score (nSPS) is 16.5. The number of amides is 1. The highest BCUT2D eigenvalue weighted by Crippen LogP contribution is 2.26. The average molecular weight is 309 g/mol. The Labute approximate surface area is 130 Å². The van der Waals surface area contributed by atoms with Crippen LogP contribution in [0.1, 0.15) is 55.8 Å². The fraction of sp³-hybridized carbons (Fsp3) is 0.667. The molecule has 7 heteroatoms. The number of methoxy groups -OCH3 is 1. The second kappa shape index (κ2) is 6.37. The van der Waals surface area contributed by atoms with Crippen molar-refractivity contribution < 1.29 is 19.1 Å². The number of imidazole rings is 1. The van der Waals surface area contributed by atoms with Gasteiger partial charge in [-0.3, -0.25) is 0 Å². The summed E-state index contributed by atoms with van der Waals surface area (Å²) < 4.78 is 10.0. The molecule has 1 aliphatic heterocycles. The summed E-state index contributed by atoms with van der Waals surface area (Å²) in [6.45, 7) is 6.81. The molecular weight excluding hydrogens is 286 g/mol. The Morgan fingerprint density at radius 2 is 1.95 bits per heavy atom. The van der Waals surface area contributed by atoms with Gasteiger partial charge in [-0.1, -0.05) is 0 Å². The van der Waals surface area contributed by atoms with E-state index in [2.05, 4.69) is 14.7 Å². The zero-order chi connectivity index (χ0) is 16.3. The van der Waals surface area contributed by atoms with E-state index in [1.807, 2.05) is 20.8 Å². The number of rotatable bonds is 2. The molecule has 0 spiro atoms. The molecule has 1 N–H and O–H groups in total. The monoisotopic (exact) mass is 309 g/mol. The zero-order valence-electron chi connectivity index (χ0n) is 13.5. The first-order chi connectivity index (χ1) is 10.3. The van der Waals surface area contributed by atoms with Gasteiger partial charge in [0.1, 0.15) is 17.1 Å². The number of carbonyl (C=O) groups excluding carboxylic acids is 2. The number of carbonyl (C=O) groups is 2. The molecule has 0 saturated carbocycles. The third kappa shape index (κ3) is 3.99. The highest BCUT2D eigenvalue weighted by atomic mass is 16.6. The van der Waals surface area contributed by atoms with Gasteiger partial charge in [0.15, 0.2) is 0 Å². The molecule has 0 radical (unpaired) electrons. The van der Waals surface area contributed by atoms with Gasteiger partial charge in [-0.25, -0.2) is 14.6 Å². The molecule has 2 heterocycles. The van der Waals surface area contributed by atoms with Gasteiger partial charge >= 0.3 is 12.1 Å². The van der Waals surface area contributed by atoms with Crippen LogP contribution in [0, 0.1) is 0 Å². The molecule has 0 unspecified atom stereocenters. The number of piperidine rings is 1. The molecule has 0 aromatic carbocycles. The lowest BCUT2D eigenvalue weighted by Crippen LogP contribution is -2.41. The number of likely N-dealkylation sites (tertiary alicyclic amines) is 1. The lowest BCUT2D eigenvalue weighted by atomic mass is 9.96. The van der Waals surface area contributed by atoms with Gasteiger partial charge < -0.3 is 19.4 Å². The Bertz CT molecular complexity index is 539. The summed E-state index contributed by atoms with van der Waals surface area (Å²) in [5.41, 5.74) is -0.128. The number of hydrogen-bond acceptors (Lipinski definition) is 5. The Morgan fingerprint density at radius 1 is 1.32 bits per heavy atom. The van der Waals surface area contributed by atoms with Crippen LogP contribution in [0.2, 0.25) is 0 Å². The molecule has 1 amide bonds. The van der Waals surface area contributed by atoms with Crippen molar-refractivity contribution in [3.05, 3.63) is 17.7 Å². The summed E-state index contributed by atoms with van der Waals surface area (Å²) in [7, 11) is 1.34. The first-order valence-corrected chi connectivity index (χ1v) is 7.41. The zero-order valence-corrected chi connectivity index (χ0v) is 13.5. The molecule has 7 nitrogen and oxygen atoms in total. The highest BCUT2D eigenvalue weighted by molar-refractivity contribution is 5.86. The van der Waals surface area contributed by atoms with Crippen LogP contribution in [-0.2, 0) is 9.47 Å². The summed E-state index contributed by atoms with van der Waals surface area (Å²) in [5.74, 6) is 0.547. The van der Waals surface area contributed by atoms with Crippen molar-refractivity contribution in [1.82, 2.24) is 14.9 Å². The van der Waals surface area contributed by atoms with Gasteiger partial charge in [-0.2, -0.15) is 0 Å². The predicted molar refractivity (Wildman–Crippen MR) is 79.7 cm³/mol. The van der Waals surface area contributed by atoms with Crippen LogP contribution in [0.4, 0.5) is 4.79 Å². The SMILES string of the molecule is COC(=O)c1cnc(C2CCN(C(=O)OC(C)(C)C)CC2)[nH]1. The minimum Gasteiger partial charge on any atom is -0.464 e. The second-order valence-corrected chi connectivity index (χ2v) is 6.42. The summed E-state index contributed by atoms with van der Waals surface area (Å²) >= 11 is 0. The first-order valence-electron chi connectivity index (χ1n) is 7.41. The van der Waals surface area contributed by atoms with Gasteiger partial charge in [0.25, 0.3) is 0 Å². The molecule has 1 aromatic rings. The van der Waals surface area contributed by atoms with Crippen molar-refractivity contribution in [1.29, 1.82) is 0 Å². The van der Waals surface area contributed by atoms with Crippen molar-refractivity contribution in [2.45, 2.75) is 45.1 Å². The number of aromatic amines is 1. The molecule has 0 bridgehead atoms. The van der Waals surface area contributed by atoms with Crippen LogP contribution in [0.5, 0.6) is 0 Å². The van der Waals surface area contributed by atoms with Crippen molar-refractivity contribution in [2.75, 3.05) is 20.2 Å².